The molecule has 4 heteroatoms. The van der Waals surface area contributed by atoms with E-state index in [-0.39, 0.29) is 5.78 Å². The summed E-state index contributed by atoms with van der Waals surface area (Å²) in [6, 6.07) is 5.44. The minimum absolute atomic E-state index is 0.201. The first-order chi connectivity index (χ1) is 8.22. The molecule has 4 nitrogen and oxygen atoms in total. The van der Waals surface area contributed by atoms with Gasteiger partial charge in [-0.15, -0.1) is 0 Å². The molecule has 1 aromatic rings. The topological polar surface area (TPSA) is 38.8 Å². The van der Waals surface area contributed by atoms with Crippen molar-refractivity contribution in [1.82, 2.24) is 0 Å². The fourth-order valence-corrected chi connectivity index (χ4v) is 1.97. The van der Waals surface area contributed by atoms with Gasteiger partial charge in [0.25, 0.3) is 0 Å². The number of rotatable bonds is 3. The lowest BCUT2D eigenvalue weighted by Crippen LogP contribution is -2.17. The third-order valence-electron chi connectivity index (χ3n) is 2.85. The van der Waals surface area contributed by atoms with Crippen LogP contribution in [0.25, 0.3) is 0 Å². The Kier molecular flexibility index (Phi) is 3.64. The van der Waals surface area contributed by atoms with Gasteiger partial charge < -0.3 is 9.79 Å². The molecule has 0 aliphatic carbocycles. The van der Waals surface area contributed by atoms with E-state index in [1.807, 2.05) is 26.1 Å². The summed E-state index contributed by atoms with van der Waals surface area (Å²) in [4.78, 5) is 24.0. The first kappa shape index (κ1) is 11.9. The predicted octanol–water partition coefficient (Wildman–Crippen LogP) is 2.43. The number of carbonyl (C=O) groups is 1. The maximum absolute atomic E-state index is 11.9. The van der Waals surface area contributed by atoms with Gasteiger partial charge in [0, 0.05) is 31.6 Å². The van der Waals surface area contributed by atoms with Crippen LogP contribution in [0.15, 0.2) is 18.2 Å². The molecule has 0 atom stereocenters. The molecule has 0 saturated heterocycles. The predicted molar refractivity (Wildman–Crippen MR) is 65.5 cm³/mol. The van der Waals surface area contributed by atoms with E-state index < -0.39 is 0 Å². The standard InChI is InChI=1S/C13H17NO3/c1-3-16-17-10-6-7-11-12(9-10)14(2)8-4-5-13(11)15/h6-7,9H,3-5,8H2,1-2H3. The van der Waals surface area contributed by atoms with Crippen LogP contribution in [0.3, 0.4) is 0 Å². The molecule has 0 unspecified atom stereocenters. The second kappa shape index (κ2) is 5.19. The number of nitrogens with zero attached hydrogens (tertiary/aromatic N) is 1. The smallest absolute Gasteiger partial charge is 0.167 e. The molecule has 0 saturated carbocycles. The van der Waals surface area contributed by atoms with Gasteiger partial charge in [0.2, 0.25) is 0 Å². The zero-order valence-corrected chi connectivity index (χ0v) is 10.2. The molecule has 0 aromatic heterocycles. The maximum Gasteiger partial charge on any atom is 0.167 e. The van der Waals surface area contributed by atoms with Crippen molar-refractivity contribution in [2.75, 3.05) is 25.1 Å². The van der Waals surface area contributed by atoms with Crippen LogP contribution in [-0.4, -0.2) is 26.0 Å². The Morgan fingerprint density at radius 3 is 3.00 bits per heavy atom. The normalized spacial score (nSPS) is 15.4. The summed E-state index contributed by atoms with van der Waals surface area (Å²) in [5.41, 5.74) is 1.69. The second-order valence-corrected chi connectivity index (χ2v) is 4.12. The molecule has 17 heavy (non-hydrogen) atoms. The van der Waals surface area contributed by atoms with Gasteiger partial charge in [-0.3, -0.25) is 4.79 Å². The SMILES string of the molecule is CCOOc1ccc2c(c1)N(C)CCCC2=O. The number of anilines is 1. The van der Waals surface area contributed by atoms with Gasteiger partial charge in [-0.1, -0.05) is 0 Å². The molecule has 1 aliphatic heterocycles. The van der Waals surface area contributed by atoms with Crippen LogP contribution in [-0.2, 0) is 4.89 Å². The Morgan fingerprint density at radius 1 is 1.41 bits per heavy atom. The van der Waals surface area contributed by atoms with E-state index in [9.17, 15) is 4.79 Å². The van der Waals surface area contributed by atoms with Gasteiger partial charge in [-0.25, -0.2) is 0 Å². The Labute approximate surface area is 101 Å². The van der Waals surface area contributed by atoms with Crippen LogP contribution >= 0.6 is 0 Å². The van der Waals surface area contributed by atoms with Gasteiger partial charge in [-0.05, 0) is 25.5 Å². The Balaban J connectivity index is 2.31. The van der Waals surface area contributed by atoms with Crippen molar-refractivity contribution in [2.45, 2.75) is 19.8 Å². The molecule has 92 valence electrons. The number of benzene rings is 1. The van der Waals surface area contributed by atoms with E-state index >= 15 is 0 Å². The molecule has 0 spiro atoms. The van der Waals surface area contributed by atoms with E-state index in [0.29, 0.717) is 18.8 Å². The molecular formula is C13H17NO3. The molecule has 1 aliphatic rings. The number of hydrogen-bond acceptors (Lipinski definition) is 4. The molecule has 1 heterocycles. The molecule has 0 amide bonds. The molecule has 1 aromatic carbocycles. The second-order valence-electron chi connectivity index (χ2n) is 4.12. The van der Waals surface area contributed by atoms with Crippen molar-refractivity contribution in [1.29, 1.82) is 0 Å². The summed E-state index contributed by atoms with van der Waals surface area (Å²) in [5.74, 6) is 0.833. The van der Waals surface area contributed by atoms with Crippen molar-refractivity contribution in [3.63, 3.8) is 0 Å². The lowest BCUT2D eigenvalue weighted by molar-refractivity contribution is -0.202. The fourth-order valence-electron chi connectivity index (χ4n) is 1.97. The first-order valence-corrected chi connectivity index (χ1v) is 5.90. The van der Waals surface area contributed by atoms with Crippen LogP contribution in [0.2, 0.25) is 0 Å². The van der Waals surface area contributed by atoms with E-state index in [1.54, 1.807) is 6.07 Å². The minimum Gasteiger partial charge on any atom is -0.374 e. The number of fused-ring (bicyclic) bond motifs is 1. The van der Waals surface area contributed by atoms with E-state index in [0.717, 1.165) is 24.2 Å². The average Bonchev–Trinajstić information content (AvgIpc) is 2.48. The highest BCUT2D eigenvalue weighted by molar-refractivity contribution is 6.02. The van der Waals surface area contributed by atoms with Crippen molar-refractivity contribution >= 4 is 11.5 Å². The number of ketones is 1. The Hall–Kier alpha value is -1.55. The molecule has 0 radical (unpaired) electrons. The third-order valence-corrected chi connectivity index (χ3v) is 2.85. The van der Waals surface area contributed by atoms with Gasteiger partial charge in [0.15, 0.2) is 11.5 Å². The van der Waals surface area contributed by atoms with E-state index in [2.05, 4.69) is 4.90 Å². The Morgan fingerprint density at radius 2 is 2.24 bits per heavy atom. The molecular weight excluding hydrogens is 218 g/mol. The Bertz CT molecular complexity index is 417. The van der Waals surface area contributed by atoms with Crippen LogP contribution in [0.1, 0.15) is 30.1 Å². The lowest BCUT2D eigenvalue weighted by Gasteiger charge is -2.19. The van der Waals surface area contributed by atoms with Crippen molar-refractivity contribution in [3.8, 4) is 5.75 Å². The van der Waals surface area contributed by atoms with Gasteiger partial charge in [0.1, 0.15) is 0 Å². The third kappa shape index (κ3) is 2.58. The van der Waals surface area contributed by atoms with Crippen molar-refractivity contribution < 1.29 is 14.6 Å². The summed E-state index contributed by atoms with van der Waals surface area (Å²) in [5, 5.41) is 0. The van der Waals surface area contributed by atoms with Crippen LogP contribution in [0.4, 0.5) is 5.69 Å². The first-order valence-electron chi connectivity index (χ1n) is 5.90. The monoisotopic (exact) mass is 235 g/mol. The fraction of sp³-hybridized carbons (Fsp3) is 0.462. The molecule has 0 N–H and O–H groups in total. The van der Waals surface area contributed by atoms with Gasteiger partial charge >= 0.3 is 0 Å². The summed E-state index contributed by atoms with van der Waals surface area (Å²) >= 11 is 0. The highest BCUT2D eigenvalue weighted by Crippen LogP contribution is 2.29. The quantitative estimate of drug-likeness (QED) is 0.596. The van der Waals surface area contributed by atoms with Crippen LogP contribution in [0, 0.1) is 0 Å². The highest BCUT2D eigenvalue weighted by Gasteiger charge is 2.19. The summed E-state index contributed by atoms with van der Waals surface area (Å²) in [6.07, 6.45) is 1.51. The molecule has 0 bridgehead atoms. The molecule has 0 fully saturated rings. The lowest BCUT2D eigenvalue weighted by atomic mass is 10.1. The maximum atomic E-state index is 11.9. The van der Waals surface area contributed by atoms with Crippen LogP contribution in [0.5, 0.6) is 5.75 Å². The van der Waals surface area contributed by atoms with E-state index in [1.165, 1.54) is 0 Å². The van der Waals surface area contributed by atoms with E-state index in [4.69, 9.17) is 9.78 Å². The summed E-state index contributed by atoms with van der Waals surface area (Å²) in [7, 11) is 1.99. The van der Waals surface area contributed by atoms with Gasteiger partial charge in [0.05, 0.1) is 12.3 Å². The zero-order valence-electron chi connectivity index (χ0n) is 10.2. The average molecular weight is 235 g/mol. The molecule has 2 rings (SSSR count). The summed E-state index contributed by atoms with van der Waals surface area (Å²) < 4.78 is 0. The largest absolute Gasteiger partial charge is 0.374 e. The summed E-state index contributed by atoms with van der Waals surface area (Å²) in [6.45, 7) is 3.24. The van der Waals surface area contributed by atoms with Crippen molar-refractivity contribution in [2.24, 2.45) is 0 Å². The van der Waals surface area contributed by atoms with Gasteiger partial charge in [-0.2, -0.15) is 4.89 Å². The zero-order chi connectivity index (χ0) is 12.3. The number of carbonyl (C=O) groups excluding carboxylic acids is 1. The van der Waals surface area contributed by atoms with Crippen molar-refractivity contribution in [3.05, 3.63) is 23.8 Å². The van der Waals surface area contributed by atoms with Crippen LogP contribution < -0.4 is 9.79 Å². The highest BCUT2D eigenvalue weighted by atomic mass is 17.2. The number of Topliss-reactive ketones (excluding diaryl/α,β-unsaturated/α-hetero) is 1. The number of hydrogen-bond donors (Lipinski definition) is 0. The minimum atomic E-state index is 0.201.